The zero-order chi connectivity index (χ0) is 25.0. The smallest absolute Gasteiger partial charge is 0.241 e. The first-order chi connectivity index (χ1) is 16.0. The Labute approximate surface area is 207 Å². The fourth-order valence-electron chi connectivity index (χ4n) is 5.65. The zero-order valence-electron chi connectivity index (χ0n) is 20.3. The van der Waals surface area contributed by atoms with Gasteiger partial charge in [-0.15, -0.1) is 16.4 Å². The summed E-state index contributed by atoms with van der Waals surface area (Å²) in [6.45, 7) is 3.34. The summed E-state index contributed by atoms with van der Waals surface area (Å²) in [4.78, 5) is 30.8. The summed E-state index contributed by atoms with van der Waals surface area (Å²) >= 11 is 6.24. The average Bonchev–Trinajstić information content (AvgIpc) is 3.24. The number of sulfonamides is 1. The molecule has 1 heterocycles. The van der Waals surface area contributed by atoms with Gasteiger partial charge in [-0.2, -0.15) is 0 Å². The van der Waals surface area contributed by atoms with Crippen LogP contribution in [0.25, 0.3) is 0 Å². The lowest BCUT2D eigenvalue weighted by molar-refractivity contribution is -0.132. The van der Waals surface area contributed by atoms with Crippen molar-refractivity contribution in [2.75, 3.05) is 33.1 Å². The first-order valence-corrected chi connectivity index (χ1v) is 14.3. The van der Waals surface area contributed by atoms with E-state index in [1.807, 2.05) is 14.0 Å². The highest BCUT2D eigenvalue weighted by Gasteiger charge is 2.44. The van der Waals surface area contributed by atoms with E-state index < -0.39 is 33.4 Å². The SMILES string of the molecule is CCC(=O)N(C)C1CCCC(CS(=O)(=O)NNC(=O)C2CC(C3CN(C)CN3)CC(Cl)C2F)C1. The van der Waals surface area contributed by atoms with Gasteiger partial charge in [-0.3, -0.25) is 25.2 Å². The highest BCUT2D eigenvalue weighted by Crippen LogP contribution is 2.37. The molecule has 196 valence electrons. The maximum Gasteiger partial charge on any atom is 0.241 e. The van der Waals surface area contributed by atoms with Crippen LogP contribution in [0.4, 0.5) is 4.39 Å². The fraction of sp³-hybridized carbons (Fsp3) is 0.909. The first-order valence-electron chi connectivity index (χ1n) is 12.3. The van der Waals surface area contributed by atoms with Gasteiger partial charge in [0.25, 0.3) is 0 Å². The first kappa shape index (κ1) is 27.6. The van der Waals surface area contributed by atoms with E-state index in [0.29, 0.717) is 25.7 Å². The number of carbonyl (C=O) groups is 2. The molecule has 0 aromatic heterocycles. The molecule has 3 N–H and O–H groups in total. The lowest BCUT2D eigenvalue weighted by Crippen LogP contribution is -2.52. The molecule has 7 unspecified atom stereocenters. The van der Waals surface area contributed by atoms with Crippen molar-refractivity contribution in [3.63, 3.8) is 0 Å². The van der Waals surface area contributed by atoms with Crippen LogP contribution in [-0.4, -0.2) is 86.7 Å². The summed E-state index contributed by atoms with van der Waals surface area (Å²) < 4.78 is 40.1. The fourth-order valence-corrected chi connectivity index (χ4v) is 7.32. The van der Waals surface area contributed by atoms with E-state index in [1.165, 1.54) is 0 Å². The van der Waals surface area contributed by atoms with Crippen molar-refractivity contribution in [2.24, 2.45) is 17.8 Å². The van der Waals surface area contributed by atoms with Gasteiger partial charge in [0, 0.05) is 38.8 Å². The summed E-state index contributed by atoms with van der Waals surface area (Å²) in [5.41, 5.74) is 2.24. The van der Waals surface area contributed by atoms with Crippen molar-refractivity contribution in [3.8, 4) is 0 Å². The standard InChI is InChI=1S/C22H39ClFN5O4S/c1-4-20(30)29(3)16-7-5-6-14(8-16)12-34(32,33)27-26-22(31)17-9-15(10-18(23)21(17)24)19-11-28(2)13-25-19/h14-19,21,25,27H,4-13H2,1-3H3,(H,26,31). The largest absolute Gasteiger partial charge is 0.343 e. The molecule has 0 aromatic rings. The van der Waals surface area contributed by atoms with Gasteiger partial charge in [0.15, 0.2) is 0 Å². The molecule has 0 aromatic carbocycles. The molecule has 1 saturated heterocycles. The van der Waals surface area contributed by atoms with Crippen LogP contribution in [0.3, 0.4) is 0 Å². The van der Waals surface area contributed by atoms with Crippen LogP contribution in [0, 0.1) is 17.8 Å². The van der Waals surface area contributed by atoms with Gasteiger partial charge in [0.1, 0.15) is 6.17 Å². The molecule has 0 bridgehead atoms. The summed E-state index contributed by atoms with van der Waals surface area (Å²) in [5, 5.41) is 2.58. The number of hydrogen-bond donors (Lipinski definition) is 3. The predicted molar refractivity (Wildman–Crippen MR) is 129 cm³/mol. The molecule has 34 heavy (non-hydrogen) atoms. The van der Waals surface area contributed by atoms with Crippen LogP contribution in [0.5, 0.6) is 0 Å². The van der Waals surface area contributed by atoms with Crippen LogP contribution in [0.1, 0.15) is 51.9 Å². The summed E-state index contributed by atoms with van der Waals surface area (Å²) in [6.07, 6.45) is 2.71. The number of hydrogen-bond acceptors (Lipinski definition) is 6. The Bertz CT molecular complexity index is 834. The van der Waals surface area contributed by atoms with Crippen LogP contribution in [0.2, 0.25) is 0 Å². The van der Waals surface area contributed by atoms with Crippen LogP contribution < -0.4 is 15.6 Å². The Balaban J connectivity index is 1.53. The molecular formula is C22H39ClFN5O4S. The number of nitrogens with one attached hydrogen (secondary N) is 3. The van der Waals surface area contributed by atoms with E-state index in [-0.39, 0.29) is 35.6 Å². The lowest BCUT2D eigenvalue weighted by Gasteiger charge is -2.37. The average molecular weight is 524 g/mol. The van der Waals surface area contributed by atoms with E-state index in [2.05, 4.69) is 20.5 Å². The van der Waals surface area contributed by atoms with Gasteiger partial charge in [-0.05, 0) is 51.0 Å². The van der Waals surface area contributed by atoms with E-state index in [9.17, 15) is 22.4 Å². The molecule has 3 aliphatic rings. The number of hydrazine groups is 1. The molecule has 0 radical (unpaired) electrons. The van der Waals surface area contributed by atoms with Gasteiger partial charge >= 0.3 is 0 Å². The Kier molecular flexibility index (Phi) is 9.58. The second-order valence-electron chi connectivity index (χ2n) is 10.2. The quantitative estimate of drug-likeness (QED) is 0.326. The highest BCUT2D eigenvalue weighted by atomic mass is 35.5. The Hall–Kier alpha value is -1.01. The van der Waals surface area contributed by atoms with Gasteiger partial charge in [-0.25, -0.2) is 12.8 Å². The minimum atomic E-state index is -3.82. The maximum absolute atomic E-state index is 14.8. The maximum atomic E-state index is 14.8. The van der Waals surface area contributed by atoms with Crippen molar-refractivity contribution in [2.45, 2.75) is 75.5 Å². The van der Waals surface area contributed by atoms with Gasteiger partial charge in [0.05, 0.1) is 17.0 Å². The molecule has 7 atom stereocenters. The van der Waals surface area contributed by atoms with E-state index in [1.54, 1.807) is 11.9 Å². The zero-order valence-corrected chi connectivity index (χ0v) is 21.9. The Morgan fingerprint density at radius 3 is 2.62 bits per heavy atom. The van der Waals surface area contributed by atoms with E-state index in [0.717, 1.165) is 32.5 Å². The summed E-state index contributed by atoms with van der Waals surface area (Å²) in [6, 6.07) is 0.147. The Morgan fingerprint density at radius 2 is 1.97 bits per heavy atom. The number of alkyl halides is 2. The number of nitrogens with zero attached hydrogens (tertiary/aromatic N) is 2. The minimum Gasteiger partial charge on any atom is -0.343 e. The summed E-state index contributed by atoms with van der Waals surface area (Å²) in [7, 11) is -0.0681. The molecule has 0 spiro atoms. The normalized spacial score (nSPS) is 35.1. The molecule has 3 rings (SSSR count). The molecule has 2 amide bonds. The molecule has 9 nitrogen and oxygen atoms in total. The van der Waals surface area contributed by atoms with Gasteiger partial charge < -0.3 is 4.90 Å². The van der Waals surface area contributed by atoms with Crippen molar-refractivity contribution in [1.82, 2.24) is 25.4 Å². The number of rotatable bonds is 8. The van der Waals surface area contributed by atoms with Crippen LogP contribution in [-0.2, 0) is 19.6 Å². The summed E-state index contributed by atoms with van der Waals surface area (Å²) in [5.74, 6) is -1.89. The van der Waals surface area contributed by atoms with Crippen LogP contribution >= 0.6 is 11.6 Å². The number of likely N-dealkylation sites (N-methyl/N-ethyl adjacent to an activating group) is 1. The number of carbonyl (C=O) groups excluding carboxylic acids is 2. The van der Waals surface area contributed by atoms with Crippen molar-refractivity contribution < 1.29 is 22.4 Å². The number of amides is 2. The van der Waals surface area contributed by atoms with Crippen molar-refractivity contribution in [3.05, 3.63) is 0 Å². The van der Waals surface area contributed by atoms with Crippen LogP contribution in [0.15, 0.2) is 0 Å². The lowest BCUT2D eigenvalue weighted by atomic mass is 9.76. The van der Waals surface area contributed by atoms with Crippen molar-refractivity contribution >= 4 is 33.4 Å². The minimum absolute atomic E-state index is 0.0198. The number of halogens is 2. The molecule has 2 aliphatic carbocycles. The molecule has 1 aliphatic heterocycles. The molecule has 12 heteroatoms. The van der Waals surface area contributed by atoms with E-state index in [4.69, 9.17) is 11.6 Å². The van der Waals surface area contributed by atoms with Gasteiger partial charge in [0.2, 0.25) is 21.8 Å². The second-order valence-corrected chi connectivity index (χ2v) is 12.6. The third-order valence-corrected chi connectivity index (χ3v) is 9.38. The molecule has 3 fully saturated rings. The Morgan fingerprint density at radius 1 is 1.24 bits per heavy atom. The molecule has 2 saturated carbocycles. The van der Waals surface area contributed by atoms with Crippen molar-refractivity contribution in [1.29, 1.82) is 0 Å². The van der Waals surface area contributed by atoms with Gasteiger partial charge in [-0.1, -0.05) is 13.3 Å². The molecular weight excluding hydrogens is 485 g/mol. The highest BCUT2D eigenvalue weighted by molar-refractivity contribution is 7.89. The van der Waals surface area contributed by atoms with E-state index >= 15 is 0 Å². The second kappa shape index (κ2) is 11.8. The topological polar surface area (TPSA) is 111 Å². The third kappa shape index (κ3) is 7.02. The predicted octanol–water partition coefficient (Wildman–Crippen LogP) is 1.20. The third-order valence-electron chi connectivity index (χ3n) is 7.64. The monoisotopic (exact) mass is 523 g/mol.